The zero-order valence-electron chi connectivity index (χ0n) is 19.0. The van der Waals surface area contributed by atoms with Gasteiger partial charge in [-0.3, -0.25) is 14.3 Å². The molecule has 2 amide bonds. The van der Waals surface area contributed by atoms with Crippen LogP contribution in [0.25, 0.3) is 11.1 Å². The highest BCUT2D eigenvalue weighted by atomic mass is 16.5. The zero-order chi connectivity index (χ0) is 24.2. The van der Waals surface area contributed by atoms with Crippen molar-refractivity contribution in [3.05, 3.63) is 77.6 Å². The molecule has 176 valence electrons. The fourth-order valence-corrected chi connectivity index (χ4v) is 4.38. The lowest BCUT2D eigenvalue weighted by Crippen LogP contribution is -2.45. The van der Waals surface area contributed by atoms with Crippen LogP contribution in [-0.4, -0.2) is 57.5 Å². The number of nitrogens with one attached hydrogen (secondary N) is 1. The minimum absolute atomic E-state index is 0.0960. The van der Waals surface area contributed by atoms with Gasteiger partial charge in [0.25, 0.3) is 5.91 Å². The van der Waals surface area contributed by atoms with Gasteiger partial charge in [-0.2, -0.15) is 5.10 Å². The molecule has 1 heterocycles. The Hall–Kier alpha value is -4.14. The number of fused-ring (bicyclic) bond motifs is 3. The minimum Gasteiger partial charge on any atom is -0.480 e. The predicted molar refractivity (Wildman–Crippen MR) is 124 cm³/mol. The molecule has 0 saturated carbocycles. The largest absolute Gasteiger partial charge is 0.480 e. The average Bonchev–Trinajstić information content (AvgIpc) is 3.40. The number of aromatic nitrogens is 2. The Kier molecular flexibility index (Phi) is 6.62. The molecule has 2 N–H and O–H groups in total. The van der Waals surface area contributed by atoms with Gasteiger partial charge in [0.2, 0.25) is 0 Å². The smallest absolute Gasteiger partial charge is 0.408 e. The normalized spacial score (nSPS) is 13.0. The molecule has 0 fully saturated rings. The third kappa shape index (κ3) is 4.50. The van der Waals surface area contributed by atoms with E-state index in [0.29, 0.717) is 5.69 Å². The van der Waals surface area contributed by atoms with E-state index in [9.17, 15) is 14.4 Å². The number of benzene rings is 2. The van der Waals surface area contributed by atoms with Crippen molar-refractivity contribution in [3.8, 4) is 11.1 Å². The summed E-state index contributed by atoms with van der Waals surface area (Å²) in [5.74, 6) is -1.81. The minimum atomic E-state index is -1.14. The number of hydrogen-bond donors (Lipinski definition) is 2. The van der Waals surface area contributed by atoms with Gasteiger partial charge in [-0.15, -0.1) is 0 Å². The third-order valence-corrected chi connectivity index (χ3v) is 6.03. The molecular formula is C25H26N4O5. The van der Waals surface area contributed by atoms with Gasteiger partial charge < -0.3 is 20.1 Å². The summed E-state index contributed by atoms with van der Waals surface area (Å²) in [5, 5.41) is 15.8. The lowest BCUT2D eigenvalue weighted by molar-refractivity contribution is -0.145. The number of aliphatic carboxylic acids is 1. The van der Waals surface area contributed by atoms with E-state index in [1.165, 1.54) is 10.9 Å². The number of amides is 2. The fourth-order valence-electron chi connectivity index (χ4n) is 4.38. The van der Waals surface area contributed by atoms with Crippen LogP contribution in [0.15, 0.2) is 60.8 Å². The molecular weight excluding hydrogens is 436 g/mol. The second-order valence-corrected chi connectivity index (χ2v) is 8.03. The number of alkyl carbamates (subject to hydrolysis) is 1. The quantitative estimate of drug-likeness (QED) is 0.532. The lowest BCUT2D eigenvalue weighted by Gasteiger charge is -2.25. The van der Waals surface area contributed by atoms with Crippen molar-refractivity contribution >= 4 is 18.0 Å². The van der Waals surface area contributed by atoms with Crippen molar-refractivity contribution in [3.63, 3.8) is 0 Å². The molecule has 0 aliphatic heterocycles. The first-order valence-corrected chi connectivity index (χ1v) is 11.0. The Balaban J connectivity index is 1.51. The standard InChI is InChI=1S/C25H26N4O5/c1-3-29(14-22(30)31)24(32)23(21-12-13-26-28(21)2)27-25(33)34-15-20-18-10-6-4-8-16(18)17-9-5-7-11-19(17)20/h4-13,20,23H,3,14-15H2,1-2H3,(H,27,33)(H,30,31). The van der Waals surface area contributed by atoms with Crippen LogP contribution in [0.2, 0.25) is 0 Å². The summed E-state index contributed by atoms with van der Waals surface area (Å²) in [6.07, 6.45) is 0.732. The van der Waals surface area contributed by atoms with Gasteiger partial charge in [-0.1, -0.05) is 48.5 Å². The summed E-state index contributed by atoms with van der Waals surface area (Å²) in [7, 11) is 1.64. The molecule has 1 aromatic heterocycles. The summed E-state index contributed by atoms with van der Waals surface area (Å²) in [6.45, 7) is 1.47. The molecule has 34 heavy (non-hydrogen) atoms. The second kappa shape index (κ2) is 9.78. The Morgan fingerprint density at radius 3 is 2.24 bits per heavy atom. The molecule has 1 aliphatic carbocycles. The monoisotopic (exact) mass is 462 g/mol. The average molecular weight is 463 g/mol. The lowest BCUT2D eigenvalue weighted by atomic mass is 9.98. The molecule has 9 heteroatoms. The molecule has 0 radical (unpaired) electrons. The number of rotatable bonds is 8. The van der Waals surface area contributed by atoms with E-state index in [-0.39, 0.29) is 19.1 Å². The molecule has 0 spiro atoms. The summed E-state index contributed by atoms with van der Waals surface area (Å²) < 4.78 is 7.05. The highest BCUT2D eigenvalue weighted by molar-refractivity contribution is 5.89. The maximum atomic E-state index is 13.1. The number of nitrogens with zero attached hydrogens (tertiary/aromatic N) is 3. The van der Waals surface area contributed by atoms with Crippen molar-refractivity contribution in [2.75, 3.05) is 19.7 Å². The van der Waals surface area contributed by atoms with Crippen molar-refractivity contribution in [2.45, 2.75) is 18.9 Å². The van der Waals surface area contributed by atoms with Gasteiger partial charge in [-0.25, -0.2) is 4.79 Å². The summed E-state index contributed by atoms with van der Waals surface area (Å²) in [6, 6.07) is 16.5. The van der Waals surface area contributed by atoms with Crippen molar-refractivity contribution in [1.29, 1.82) is 0 Å². The Labute approximate surface area is 196 Å². The SMILES string of the molecule is CCN(CC(=O)O)C(=O)C(NC(=O)OCC1c2ccccc2-c2ccccc21)c1ccnn1C. The maximum absolute atomic E-state index is 13.1. The summed E-state index contributed by atoms with van der Waals surface area (Å²) in [5.41, 5.74) is 4.80. The van der Waals surface area contributed by atoms with Crippen LogP contribution >= 0.6 is 0 Å². The van der Waals surface area contributed by atoms with Crippen molar-refractivity contribution < 1.29 is 24.2 Å². The number of carboxylic acids is 1. The molecule has 1 atom stereocenters. The van der Waals surface area contributed by atoms with Crippen molar-refractivity contribution in [2.24, 2.45) is 7.05 Å². The van der Waals surface area contributed by atoms with Crippen LogP contribution in [0.1, 0.15) is 35.7 Å². The van der Waals surface area contributed by atoms with E-state index in [4.69, 9.17) is 9.84 Å². The molecule has 0 bridgehead atoms. The first-order chi connectivity index (χ1) is 16.4. The number of hydrogen-bond acceptors (Lipinski definition) is 5. The van der Waals surface area contributed by atoms with E-state index in [0.717, 1.165) is 27.2 Å². The molecule has 2 aromatic carbocycles. The number of likely N-dealkylation sites (N-methyl/N-ethyl adjacent to an activating group) is 1. The van der Waals surface area contributed by atoms with E-state index in [2.05, 4.69) is 10.4 Å². The Morgan fingerprint density at radius 2 is 1.71 bits per heavy atom. The van der Waals surface area contributed by atoms with Gasteiger partial charge in [0, 0.05) is 25.7 Å². The molecule has 4 rings (SSSR count). The first-order valence-electron chi connectivity index (χ1n) is 11.0. The van der Waals surface area contributed by atoms with Crippen molar-refractivity contribution in [1.82, 2.24) is 20.0 Å². The van der Waals surface area contributed by atoms with Gasteiger partial charge >= 0.3 is 12.1 Å². The van der Waals surface area contributed by atoms with Crippen LogP contribution in [0.5, 0.6) is 0 Å². The zero-order valence-corrected chi connectivity index (χ0v) is 19.0. The first kappa shape index (κ1) is 23.0. The fraction of sp³-hybridized carbons (Fsp3) is 0.280. The summed E-state index contributed by atoms with van der Waals surface area (Å²) >= 11 is 0. The van der Waals surface area contributed by atoms with E-state index in [1.807, 2.05) is 48.5 Å². The molecule has 1 unspecified atom stereocenters. The Morgan fingerprint density at radius 1 is 1.09 bits per heavy atom. The van der Waals surface area contributed by atoms with Gasteiger partial charge in [0.05, 0.1) is 5.69 Å². The molecule has 3 aromatic rings. The van der Waals surface area contributed by atoms with Gasteiger partial charge in [0.15, 0.2) is 6.04 Å². The van der Waals surface area contributed by atoms with Gasteiger partial charge in [0.1, 0.15) is 13.2 Å². The number of carbonyl (C=O) groups is 3. The second-order valence-electron chi connectivity index (χ2n) is 8.03. The van der Waals surface area contributed by atoms with Crippen LogP contribution in [0.4, 0.5) is 4.79 Å². The highest BCUT2D eigenvalue weighted by Gasteiger charge is 2.32. The summed E-state index contributed by atoms with van der Waals surface area (Å²) in [4.78, 5) is 38.3. The molecule has 0 saturated heterocycles. The third-order valence-electron chi connectivity index (χ3n) is 6.03. The van der Waals surface area contributed by atoms with Gasteiger partial charge in [-0.05, 0) is 35.2 Å². The van der Waals surface area contributed by atoms with E-state index >= 15 is 0 Å². The number of carboxylic acid groups (broad SMARTS) is 1. The van der Waals surface area contributed by atoms with E-state index < -0.39 is 30.6 Å². The number of carbonyl (C=O) groups excluding carboxylic acids is 2. The number of aryl methyl sites for hydroxylation is 1. The van der Waals surface area contributed by atoms with Crippen LogP contribution in [0, 0.1) is 0 Å². The highest BCUT2D eigenvalue weighted by Crippen LogP contribution is 2.44. The van der Waals surface area contributed by atoms with Crippen LogP contribution < -0.4 is 5.32 Å². The molecule has 9 nitrogen and oxygen atoms in total. The van der Waals surface area contributed by atoms with Crippen LogP contribution in [0.3, 0.4) is 0 Å². The molecule has 1 aliphatic rings. The van der Waals surface area contributed by atoms with E-state index in [1.54, 1.807) is 20.0 Å². The maximum Gasteiger partial charge on any atom is 0.408 e. The topological polar surface area (TPSA) is 114 Å². The van der Waals surface area contributed by atoms with Crippen LogP contribution in [-0.2, 0) is 21.4 Å². The number of ether oxygens (including phenoxy) is 1. The predicted octanol–water partition coefficient (Wildman–Crippen LogP) is 2.93. The Bertz CT molecular complexity index is 1180.